The van der Waals surface area contributed by atoms with Gasteiger partial charge in [-0.1, -0.05) is 12.1 Å². The number of H-pyrrole nitrogens is 1. The number of amides is 2. The molecule has 32 heavy (non-hydrogen) atoms. The maximum Gasteiger partial charge on any atom is 0.416 e. The van der Waals surface area contributed by atoms with Gasteiger partial charge in [-0.2, -0.15) is 13.2 Å². The summed E-state index contributed by atoms with van der Waals surface area (Å²) in [4.78, 5) is 24.5. The van der Waals surface area contributed by atoms with Crippen molar-refractivity contribution in [1.82, 2.24) is 25.1 Å². The summed E-state index contributed by atoms with van der Waals surface area (Å²) in [6, 6.07) is 5.15. The Labute approximate surface area is 187 Å². The van der Waals surface area contributed by atoms with Gasteiger partial charge in [0.1, 0.15) is 5.82 Å². The molecule has 1 saturated heterocycles. The van der Waals surface area contributed by atoms with Crippen LogP contribution in [0.15, 0.2) is 24.3 Å². The van der Waals surface area contributed by atoms with Crippen LogP contribution in [-0.4, -0.2) is 57.5 Å². The van der Waals surface area contributed by atoms with Crippen molar-refractivity contribution in [3.63, 3.8) is 0 Å². The van der Waals surface area contributed by atoms with Crippen molar-refractivity contribution in [3.8, 4) is 11.4 Å². The molecule has 176 valence electrons. The highest BCUT2D eigenvalue weighted by atomic mass is 19.4. The van der Waals surface area contributed by atoms with Crippen LogP contribution in [0.5, 0.6) is 0 Å². The Morgan fingerprint density at radius 2 is 1.78 bits per heavy atom. The topological polar surface area (TPSA) is 64.3 Å². The van der Waals surface area contributed by atoms with Gasteiger partial charge >= 0.3 is 12.2 Å². The lowest BCUT2D eigenvalue weighted by molar-refractivity contribution is -0.137. The third-order valence-corrected chi connectivity index (χ3v) is 5.92. The molecule has 1 aliphatic heterocycles. The van der Waals surface area contributed by atoms with E-state index in [4.69, 9.17) is 0 Å². The van der Waals surface area contributed by atoms with Gasteiger partial charge in [0, 0.05) is 49.5 Å². The molecule has 2 heterocycles. The van der Waals surface area contributed by atoms with Crippen LogP contribution in [0.3, 0.4) is 0 Å². The number of carbonyl (C=O) groups is 1. The summed E-state index contributed by atoms with van der Waals surface area (Å²) in [6.07, 6.45) is -2.60. The number of nitrogens with one attached hydrogen (secondary N) is 2. The van der Waals surface area contributed by atoms with Gasteiger partial charge in [0.15, 0.2) is 0 Å². The van der Waals surface area contributed by atoms with Crippen LogP contribution in [0, 0.1) is 6.92 Å². The van der Waals surface area contributed by atoms with E-state index in [1.165, 1.54) is 12.1 Å². The molecule has 0 spiro atoms. The number of likely N-dealkylation sites (tertiary alicyclic amines) is 1. The van der Waals surface area contributed by atoms with E-state index < -0.39 is 11.7 Å². The number of imidazole rings is 1. The van der Waals surface area contributed by atoms with E-state index in [0.29, 0.717) is 17.9 Å². The number of piperidine rings is 1. The second-order valence-corrected chi connectivity index (χ2v) is 9.34. The number of benzene rings is 1. The first-order chi connectivity index (χ1) is 14.9. The number of aryl methyl sites for hydroxylation is 1. The number of carbonyl (C=O) groups excluding carboxylic acids is 1. The van der Waals surface area contributed by atoms with Crippen LogP contribution in [-0.2, 0) is 12.7 Å². The van der Waals surface area contributed by atoms with E-state index in [1.54, 1.807) is 7.05 Å². The average molecular weight is 452 g/mol. The molecule has 1 aromatic carbocycles. The van der Waals surface area contributed by atoms with Crippen LogP contribution in [0.25, 0.3) is 11.4 Å². The molecule has 9 heteroatoms. The molecular formula is C23H32F3N5O. The normalized spacial score (nSPS) is 16.2. The highest BCUT2D eigenvalue weighted by Crippen LogP contribution is 2.31. The van der Waals surface area contributed by atoms with Crippen LogP contribution < -0.4 is 5.32 Å². The number of aromatic amines is 1. The maximum absolute atomic E-state index is 12.8. The first-order valence-corrected chi connectivity index (χ1v) is 10.9. The van der Waals surface area contributed by atoms with E-state index in [1.807, 2.05) is 32.6 Å². The molecule has 0 atom stereocenters. The SMILES string of the molecule is CNC(=O)N(C1CCN(Cc2nc(-c3ccc(C(F)(F)F)cc3)[nH]c2C)CC1)C(C)(C)C. The third-order valence-electron chi connectivity index (χ3n) is 5.92. The van der Waals surface area contributed by atoms with E-state index in [9.17, 15) is 18.0 Å². The van der Waals surface area contributed by atoms with Crippen LogP contribution >= 0.6 is 0 Å². The van der Waals surface area contributed by atoms with E-state index in [0.717, 1.165) is 49.5 Å². The van der Waals surface area contributed by atoms with Gasteiger partial charge in [-0.15, -0.1) is 0 Å². The number of rotatable bonds is 4. The predicted octanol–water partition coefficient (Wildman–Crippen LogP) is 4.81. The Balaban J connectivity index is 1.65. The summed E-state index contributed by atoms with van der Waals surface area (Å²) in [5.41, 5.74) is 1.48. The minimum Gasteiger partial charge on any atom is -0.342 e. The lowest BCUT2D eigenvalue weighted by Crippen LogP contribution is -2.57. The molecule has 0 saturated carbocycles. The predicted molar refractivity (Wildman–Crippen MR) is 118 cm³/mol. The molecule has 3 rings (SSSR count). The highest BCUT2D eigenvalue weighted by molar-refractivity contribution is 5.75. The van der Waals surface area contributed by atoms with Crippen molar-refractivity contribution < 1.29 is 18.0 Å². The van der Waals surface area contributed by atoms with E-state index in [2.05, 4.69) is 20.2 Å². The molecule has 0 bridgehead atoms. The molecule has 0 radical (unpaired) electrons. The van der Waals surface area contributed by atoms with Crippen molar-refractivity contribution in [3.05, 3.63) is 41.2 Å². The number of halogens is 3. The molecular weight excluding hydrogens is 419 g/mol. The Morgan fingerprint density at radius 1 is 1.19 bits per heavy atom. The molecule has 0 unspecified atom stereocenters. The Hall–Kier alpha value is -2.55. The van der Waals surface area contributed by atoms with E-state index >= 15 is 0 Å². The second-order valence-electron chi connectivity index (χ2n) is 9.34. The Kier molecular flexibility index (Phi) is 6.88. The minimum atomic E-state index is -4.35. The Bertz CT molecular complexity index is 923. The summed E-state index contributed by atoms with van der Waals surface area (Å²) in [5.74, 6) is 0.569. The third kappa shape index (κ3) is 5.43. The zero-order valence-corrected chi connectivity index (χ0v) is 19.3. The highest BCUT2D eigenvalue weighted by Gasteiger charge is 2.35. The van der Waals surface area contributed by atoms with Crippen molar-refractivity contribution in [1.29, 1.82) is 0 Å². The standard InChI is InChI=1S/C23H32F3N5O/c1-15-19(29-20(28-15)16-6-8-17(9-7-16)23(24,25)26)14-30-12-10-18(11-13-30)31(21(32)27-5)22(2,3)4/h6-9,18H,10-14H2,1-5H3,(H,27,32)(H,28,29). The van der Waals surface area contributed by atoms with Crippen molar-refractivity contribution in [2.24, 2.45) is 0 Å². The van der Waals surface area contributed by atoms with Crippen LogP contribution in [0.4, 0.5) is 18.0 Å². The summed E-state index contributed by atoms with van der Waals surface area (Å²) in [7, 11) is 1.66. The number of nitrogens with zero attached hydrogens (tertiary/aromatic N) is 3. The first-order valence-electron chi connectivity index (χ1n) is 10.9. The number of hydrogen-bond acceptors (Lipinski definition) is 3. The summed E-state index contributed by atoms with van der Waals surface area (Å²) >= 11 is 0. The number of urea groups is 1. The van der Waals surface area contributed by atoms with Gasteiger partial charge in [0.05, 0.1) is 11.3 Å². The fraction of sp³-hybridized carbons (Fsp3) is 0.565. The molecule has 2 amide bonds. The number of alkyl halides is 3. The van der Waals surface area contributed by atoms with Crippen molar-refractivity contribution >= 4 is 6.03 Å². The quantitative estimate of drug-likeness (QED) is 0.701. The summed E-state index contributed by atoms with van der Waals surface area (Å²) in [5, 5.41) is 2.75. The van der Waals surface area contributed by atoms with Crippen LogP contribution in [0.2, 0.25) is 0 Å². The van der Waals surface area contributed by atoms with Gasteiger partial charge in [-0.3, -0.25) is 4.90 Å². The van der Waals surface area contributed by atoms with E-state index in [-0.39, 0.29) is 17.6 Å². The van der Waals surface area contributed by atoms with Gasteiger partial charge in [-0.25, -0.2) is 9.78 Å². The number of hydrogen-bond donors (Lipinski definition) is 2. The zero-order valence-electron chi connectivity index (χ0n) is 19.3. The molecule has 2 N–H and O–H groups in total. The fourth-order valence-electron chi connectivity index (χ4n) is 4.29. The summed E-state index contributed by atoms with van der Waals surface area (Å²) < 4.78 is 38.4. The smallest absolute Gasteiger partial charge is 0.342 e. The Morgan fingerprint density at radius 3 is 2.28 bits per heavy atom. The fourth-order valence-corrected chi connectivity index (χ4v) is 4.29. The minimum absolute atomic E-state index is 0.0553. The second kappa shape index (κ2) is 9.13. The van der Waals surface area contributed by atoms with Crippen molar-refractivity contribution in [2.75, 3.05) is 20.1 Å². The van der Waals surface area contributed by atoms with Crippen molar-refractivity contribution in [2.45, 2.75) is 64.8 Å². The molecule has 1 aromatic heterocycles. The maximum atomic E-state index is 12.8. The number of aromatic nitrogens is 2. The van der Waals surface area contributed by atoms with Crippen LogP contribution in [0.1, 0.15) is 50.6 Å². The van der Waals surface area contributed by atoms with Gasteiger partial charge < -0.3 is 15.2 Å². The molecule has 2 aromatic rings. The molecule has 1 fully saturated rings. The van der Waals surface area contributed by atoms with Gasteiger partial charge in [0.2, 0.25) is 0 Å². The summed E-state index contributed by atoms with van der Waals surface area (Å²) in [6.45, 7) is 10.4. The lowest BCUT2D eigenvalue weighted by Gasteiger charge is -2.44. The average Bonchev–Trinajstić information content (AvgIpc) is 3.08. The largest absolute Gasteiger partial charge is 0.416 e. The zero-order chi connectivity index (χ0) is 23.7. The molecule has 6 nitrogen and oxygen atoms in total. The van der Waals surface area contributed by atoms with Gasteiger partial charge in [-0.05, 0) is 52.7 Å². The van der Waals surface area contributed by atoms with Gasteiger partial charge in [0.25, 0.3) is 0 Å². The monoisotopic (exact) mass is 451 g/mol. The molecule has 1 aliphatic rings. The molecule has 0 aliphatic carbocycles. The lowest BCUT2D eigenvalue weighted by atomic mass is 9.96. The first kappa shape index (κ1) is 24.1.